The smallest absolute Gasteiger partial charge is 0.0317 e. The van der Waals surface area contributed by atoms with E-state index in [2.05, 4.69) is 30.9 Å². The quantitative estimate of drug-likeness (QED) is 0.750. The first-order valence-corrected chi connectivity index (χ1v) is 5.77. The van der Waals surface area contributed by atoms with E-state index in [1.165, 1.54) is 18.4 Å². The van der Waals surface area contributed by atoms with Crippen LogP contribution in [0.4, 0.5) is 5.69 Å². The zero-order chi connectivity index (χ0) is 10.8. The molecule has 0 spiro atoms. The highest BCUT2D eigenvalue weighted by Gasteiger charge is 2.26. The summed E-state index contributed by atoms with van der Waals surface area (Å²) in [4.78, 5) is 2.56. The van der Waals surface area contributed by atoms with Crippen LogP contribution in [0.2, 0.25) is 0 Å². The van der Waals surface area contributed by atoms with Crippen molar-refractivity contribution >= 4 is 5.69 Å². The molecular weight excluding hydrogens is 184 g/mol. The molecule has 0 saturated carbocycles. The van der Waals surface area contributed by atoms with Crippen molar-refractivity contribution in [2.45, 2.75) is 45.3 Å². The van der Waals surface area contributed by atoms with Crippen LogP contribution in [0.3, 0.4) is 0 Å². The molecule has 0 amide bonds. The van der Waals surface area contributed by atoms with Gasteiger partial charge in [0.15, 0.2) is 0 Å². The fourth-order valence-corrected chi connectivity index (χ4v) is 2.46. The molecule has 1 aliphatic rings. The first-order chi connectivity index (χ1) is 7.16. The summed E-state index contributed by atoms with van der Waals surface area (Å²) in [5, 5.41) is 0. The van der Waals surface area contributed by atoms with Gasteiger partial charge in [0.25, 0.3) is 0 Å². The maximum atomic E-state index is 5.78. The van der Waals surface area contributed by atoms with Gasteiger partial charge in [0.1, 0.15) is 0 Å². The lowest BCUT2D eigenvalue weighted by atomic mass is 10.1. The van der Waals surface area contributed by atoms with E-state index in [9.17, 15) is 0 Å². The predicted molar refractivity (Wildman–Crippen MR) is 64.6 cm³/mol. The highest BCUT2D eigenvalue weighted by molar-refractivity contribution is 5.40. The molecule has 2 atom stereocenters. The van der Waals surface area contributed by atoms with Crippen molar-refractivity contribution in [3.8, 4) is 0 Å². The number of nitrogen functional groups attached to an aromatic ring is 1. The topological polar surface area (TPSA) is 29.3 Å². The van der Waals surface area contributed by atoms with E-state index in [-0.39, 0.29) is 0 Å². The molecule has 0 radical (unpaired) electrons. The second-order valence-corrected chi connectivity index (χ2v) is 4.69. The van der Waals surface area contributed by atoms with Gasteiger partial charge in [-0.05, 0) is 44.4 Å². The molecular formula is C13H20N2. The zero-order valence-electron chi connectivity index (χ0n) is 9.61. The van der Waals surface area contributed by atoms with Gasteiger partial charge in [-0.3, -0.25) is 4.90 Å². The van der Waals surface area contributed by atoms with Crippen molar-refractivity contribution in [2.75, 3.05) is 5.73 Å². The Balaban J connectivity index is 2.08. The molecule has 1 heterocycles. The number of hydrogen-bond donors (Lipinski definition) is 1. The van der Waals surface area contributed by atoms with Crippen molar-refractivity contribution in [2.24, 2.45) is 0 Å². The van der Waals surface area contributed by atoms with Gasteiger partial charge in [-0.15, -0.1) is 0 Å². The Bertz CT molecular complexity index is 325. The Kier molecular flexibility index (Phi) is 2.96. The van der Waals surface area contributed by atoms with Crippen LogP contribution in [-0.4, -0.2) is 17.0 Å². The van der Waals surface area contributed by atoms with Gasteiger partial charge in [0, 0.05) is 24.3 Å². The van der Waals surface area contributed by atoms with E-state index < -0.39 is 0 Å². The van der Waals surface area contributed by atoms with Crippen LogP contribution in [0.25, 0.3) is 0 Å². The lowest BCUT2D eigenvalue weighted by Gasteiger charge is -2.26. The van der Waals surface area contributed by atoms with Gasteiger partial charge in [-0.1, -0.05) is 12.1 Å². The lowest BCUT2D eigenvalue weighted by molar-refractivity contribution is 0.205. The number of nitrogens with two attached hydrogens (primary N) is 1. The van der Waals surface area contributed by atoms with E-state index >= 15 is 0 Å². The van der Waals surface area contributed by atoms with E-state index in [1.807, 2.05) is 12.1 Å². The molecule has 15 heavy (non-hydrogen) atoms. The SMILES string of the molecule is CC1CCC(C)N1Cc1cccc(N)c1. The van der Waals surface area contributed by atoms with Crippen LogP contribution in [0, 0.1) is 0 Å². The van der Waals surface area contributed by atoms with Crippen LogP contribution in [0.5, 0.6) is 0 Å². The molecule has 2 unspecified atom stereocenters. The molecule has 1 aromatic rings. The van der Waals surface area contributed by atoms with Gasteiger partial charge in [-0.2, -0.15) is 0 Å². The third-order valence-electron chi connectivity index (χ3n) is 3.45. The summed E-state index contributed by atoms with van der Waals surface area (Å²) in [5.41, 5.74) is 7.98. The maximum absolute atomic E-state index is 5.78. The van der Waals surface area contributed by atoms with Gasteiger partial charge in [0.05, 0.1) is 0 Å². The second kappa shape index (κ2) is 4.23. The number of anilines is 1. The Morgan fingerprint density at radius 3 is 2.53 bits per heavy atom. The van der Waals surface area contributed by atoms with Gasteiger partial charge >= 0.3 is 0 Å². The number of benzene rings is 1. The Morgan fingerprint density at radius 1 is 1.27 bits per heavy atom. The molecule has 2 rings (SSSR count). The molecule has 1 aliphatic heterocycles. The summed E-state index contributed by atoms with van der Waals surface area (Å²) in [7, 11) is 0. The molecule has 2 nitrogen and oxygen atoms in total. The monoisotopic (exact) mass is 204 g/mol. The number of likely N-dealkylation sites (tertiary alicyclic amines) is 1. The third kappa shape index (κ3) is 2.32. The van der Waals surface area contributed by atoms with Crippen molar-refractivity contribution in [1.29, 1.82) is 0 Å². The van der Waals surface area contributed by atoms with Crippen molar-refractivity contribution < 1.29 is 0 Å². The van der Waals surface area contributed by atoms with E-state index in [0.717, 1.165) is 12.2 Å². The number of nitrogens with zero attached hydrogens (tertiary/aromatic N) is 1. The standard InChI is InChI=1S/C13H20N2/c1-10-6-7-11(2)15(10)9-12-4-3-5-13(14)8-12/h3-5,8,10-11H,6-7,9,14H2,1-2H3. The average molecular weight is 204 g/mol. The van der Waals surface area contributed by atoms with Crippen LogP contribution in [0.15, 0.2) is 24.3 Å². The number of hydrogen-bond acceptors (Lipinski definition) is 2. The molecule has 1 aromatic carbocycles. The minimum Gasteiger partial charge on any atom is -0.399 e. The van der Waals surface area contributed by atoms with E-state index in [1.54, 1.807) is 0 Å². The minimum atomic E-state index is 0.710. The predicted octanol–water partition coefficient (Wildman–Crippen LogP) is 2.64. The molecule has 0 bridgehead atoms. The Hall–Kier alpha value is -1.02. The van der Waals surface area contributed by atoms with Crippen LogP contribution in [0.1, 0.15) is 32.3 Å². The highest BCUT2D eigenvalue weighted by Crippen LogP contribution is 2.25. The largest absolute Gasteiger partial charge is 0.399 e. The summed E-state index contributed by atoms with van der Waals surface area (Å²) in [5.74, 6) is 0. The van der Waals surface area contributed by atoms with Crippen LogP contribution >= 0.6 is 0 Å². The van der Waals surface area contributed by atoms with Crippen LogP contribution in [-0.2, 0) is 6.54 Å². The van der Waals surface area contributed by atoms with Crippen molar-refractivity contribution in [3.63, 3.8) is 0 Å². The molecule has 0 aromatic heterocycles. The minimum absolute atomic E-state index is 0.710. The molecule has 2 heteroatoms. The average Bonchev–Trinajstić information content (AvgIpc) is 2.50. The summed E-state index contributed by atoms with van der Waals surface area (Å²) in [6, 6.07) is 9.64. The first kappa shape index (κ1) is 10.5. The van der Waals surface area contributed by atoms with Gasteiger partial charge in [0.2, 0.25) is 0 Å². The number of rotatable bonds is 2. The summed E-state index contributed by atoms with van der Waals surface area (Å²) in [6.07, 6.45) is 2.65. The fraction of sp³-hybridized carbons (Fsp3) is 0.538. The van der Waals surface area contributed by atoms with Crippen molar-refractivity contribution in [1.82, 2.24) is 4.90 Å². The molecule has 82 valence electrons. The third-order valence-corrected chi connectivity index (χ3v) is 3.45. The molecule has 0 aliphatic carbocycles. The van der Waals surface area contributed by atoms with E-state index in [0.29, 0.717) is 12.1 Å². The Labute approximate surface area is 92.1 Å². The molecule has 1 saturated heterocycles. The molecule has 2 N–H and O–H groups in total. The zero-order valence-corrected chi connectivity index (χ0v) is 9.61. The van der Waals surface area contributed by atoms with Crippen molar-refractivity contribution in [3.05, 3.63) is 29.8 Å². The normalized spacial score (nSPS) is 27.1. The second-order valence-electron chi connectivity index (χ2n) is 4.69. The summed E-state index contributed by atoms with van der Waals surface area (Å²) >= 11 is 0. The maximum Gasteiger partial charge on any atom is 0.0317 e. The van der Waals surface area contributed by atoms with Gasteiger partial charge < -0.3 is 5.73 Å². The van der Waals surface area contributed by atoms with E-state index in [4.69, 9.17) is 5.73 Å². The highest BCUT2D eigenvalue weighted by atomic mass is 15.2. The Morgan fingerprint density at radius 2 is 1.93 bits per heavy atom. The van der Waals surface area contributed by atoms with Gasteiger partial charge in [-0.25, -0.2) is 0 Å². The molecule has 1 fully saturated rings. The lowest BCUT2D eigenvalue weighted by Crippen LogP contribution is -2.31. The first-order valence-electron chi connectivity index (χ1n) is 5.77. The fourth-order valence-electron chi connectivity index (χ4n) is 2.46. The summed E-state index contributed by atoms with van der Waals surface area (Å²) in [6.45, 7) is 5.67. The summed E-state index contributed by atoms with van der Waals surface area (Å²) < 4.78 is 0. The van der Waals surface area contributed by atoms with Crippen LogP contribution < -0.4 is 5.73 Å².